The van der Waals surface area contributed by atoms with E-state index in [-0.39, 0.29) is 5.88 Å². The molecular formula is C30H35N3O7. The number of methoxy groups -OCH3 is 6. The van der Waals surface area contributed by atoms with Crippen LogP contribution in [0, 0.1) is 11.3 Å². The minimum Gasteiger partial charge on any atom is -0.493 e. The first-order valence-electron chi connectivity index (χ1n) is 12.7. The van der Waals surface area contributed by atoms with E-state index in [0.29, 0.717) is 58.9 Å². The summed E-state index contributed by atoms with van der Waals surface area (Å²) in [7, 11) is 9.39. The number of hydrogen-bond acceptors (Lipinski definition) is 10. The van der Waals surface area contributed by atoms with Crippen LogP contribution in [0.3, 0.4) is 0 Å². The van der Waals surface area contributed by atoms with Gasteiger partial charge in [-0.15, -0.1) is 0 Å². The summed E-state index contributed by atoms with van der Waals surface area (Å²) < 4.78 is 39.9. The quantitative estimate of drug-likeness (QED) is 0.487. The Kier molecular flexibility index (Phi) is 8.65. The van der Waals surface area contributed by atoms with Gasteiger partial charge in [-0.1, -0.05) is 13.0 Å². The topological polar surface area (TPSA) is 118 Å². The average Bonchev–Trinajstić information content (AvgIpc) is 2.99. The standard InChI is InChI=1S/C30H35N3O7/c1-8-33-15-18(13-17-9-11-22(34-2)28(38-6)26(17)36-4)25-21(16-33)24(20(14-31)30(32)40-25)19-10-12-23(35-3)29(39-7)27(19)37-5/h9-13,24H,8,15-16,32H2,1-7H3/b18-13+. The fourth-order valence-corrected chi connectivity index (χ4v) is 5.30. The summed E-state index contributed by atoms with van der Waals surface area (Å²) >= 11 is 0. The van der Waals surface area contributed by atoms with Gasteiger partial charge in [0.2, 0.25) is 17.4 Å². The van der Waals surface area contributed by atoms with Crippen molar-refractivity contribution in [1.29, 1.82) is 5.26 Å². The molecule has 0 amide bonds. The van der Waals surface area contributed by atoms with Crippen LogP contribution in [-0.2, 0) is 4.74 Å². The second-order valence-corrected chi connectivity index (χ2v) is 9.10. The number of nitrogens with two attached hydrogens (primary N) is 1. The van der Waals surface area contributed by atoms with Crippen LogP contribution >= 0.6 is 0 Å². The highest BCUT2D eigenvalue weighted by molar-refractivity contribution is 5.71. The summed E-state index contributed by atoms with van der Waals surface area (Å²) in [6.45, 7) is 4.02. The normalized spacial score (nSPS) is 18.1. The molecule has 2 aliphatic rings. The number of ether oxygens (including phenoxy) is 7. The Morgan fingerprint density at radius 2 is 1.48 bits per heavy atom. The van der Waals surface area contributed by atoms with Crippen LogP contribution in [-0.4, -0.2) is 67.2 Å². The Bertz CT molecular complexity index is 1420. The Morgan fingerprint density at radius 3 is 2.02 bits per heavy atom. The molecule has 10 heteroatoms. The number of rotatable bonds is 9. The van der Waals surface area contributed by atoms with E-state index in [2.05, 4.69) is 17.9 Å². The van der Waals surface area contributed by atoms with Gasteiger partial charge < -0.3 is 38.9 Å². The van der Waals surface area contributed by atoms with Gasteiger partial charge in [0, 0.05) is 29.8 Å². The van der Waals surface area contributed by atoms with Gasteiger partial charge in [-0.25, -0.2) is 0 Å². The lowest BCUT2D eigenvalue weighted by Gasteiger charge is -2.38. The van der Waals surface area contributed by atoms with E-state index in [4.69, 9.17) is 38.9 Å². The van der Waals surface area contributed by atoms with Gasteiger partial charge in [0.15, 0.2) is 23.0 Å². The molecule has 212 valence electrons. The van der Waals surface area contributed by atoms with Crippen molar-refractivity contribution < 1.29 is 33.2 Å². The third kappa shape index (κ3) is 4.84. The van der Waals surface area contributed by atoms with Crippen molar-refractivity contribution in [2.75, 3.05) is 62.3 Å². The Balaban J connectivity index is 1.98. The van der Waals surface area contributed by atoms with Gasteiger partial charge in [-0.2, -0.15) is 5.26 Å². The molecule has 0 aliphatic carbocycles. The highest BCUT2D eigenvalue weighted by atomic mass is 16.5. The van der Waals surface area contributed by atoms with E-state index < -0.39 is 5.92 Å². The van der Waals surface area contributed by atoms with Crippen molar-refractivity contribution >= 4 is 6.08 Å². The molecule has 0 radical (unpaired) electrons. The zero-order valence-electron chi connectivity index (χ0n) is 23.9. The molecule has 2 aliphatic heterocycles. The largest absolute Gasteiger partial charge is 0.493 e. The molecule has 0 saturated carbocycles. The molecule has 0 spiro atoms. The minimum atomic E-state index is -0.534. The first-order valence-corrected chi connectivity index (χ1v) is 12.7. The number of allylic oxidation sites excluding steroid dienone is 1. The van der Waals surface area contributed by atoms with E-state index in [1.165, 1.54) is 0 Å². The zero-order valence-corrected chi connectivity index (χ0v) is 23.9. The van der Waals surface area contributed by atoms with Crippen molar-refractivity contribution in [1.82, 2.24) is 4.90 Å². The molecule has 2 aromatic carbocycles. The minimum absolute atomic E-state index is 0.0400. The van der Waals surface area contributed by atoms with Crippen LogP contribution in [0.15, 0.2) is 52.6 Å². The van der Waals surface area contributed by atoms with Crippen LogP contribution in [0.5, 0.6) is 34.5 Å². The summed E-state index contributed by atoms with van der Waals surface area (Å²) in [6, 6.07) is 9.67. The van der Waals surface area contributed by atoms with Gasteiger partial charge in [-0.3, -0.25) is 4.90 Å². The van der Waals surface area contributed by atoms with Gasteiger partial charge in [0.05, 0.1) is 48.6 Å². The van der Waals surface area contributed by atoms with Crippen molar-refractivity contribution in [3.05, 3.63) is 63.8 Å². The van der Waals surface area contributed by atoms with Crippen LogP contribution in [0.4, 0.5) is 0 Å². The molecule has 0 aromatic heterocycles. The lowest BCUT2D eigenvalue weighted by atomic mass is 9.79. The van der Waals surface area contributed by atoms with E-state index >= 15 is 0 Å². The number of hydrogen-bond donors (Lipinski definition) is 1. The van der Waals surface area contributed by atoms with Gasteiger partial charge in [0.1, 0.15) is 17.4 Å². The predicted octanol–water partition coefficient (Wildman–Crippen LogP) is 4.22. The van der Waals surface area contributed by atoms with E-state index in [9.17, 15) is 5.26 Å². The molecule has 2 N–H and O–H groups in total. The van der Waals surface area contributed by atoms with Gasteiger partial charge >= 0.3 is 0 Å². The molecule has 0 fully saturated rings. The second-order valence-electron chi connectivity index (χ2n) is 9.10. The van der Waals surface area contributed by atoms with Crippen LogP contribution in [0.1, 0.15) is 24.0 Å². The number of benzene rings is 2. The zero-order chi connectivity index (χ0) is 29.0. The fourth-order valence-electron chi connectivity index (χ4n) is 5.30. The lowest BCUT2D eigenvalue weighted by molar-refractivity contribution is 0.238. The predicted molar refractivity (Wildman–Crippen MR) is 150 cm³/mol. The molecule has 2 heterocycles. The monoisotopic (exact) mass is 549 g/mol. The molecule has 0 saturated heterocycles. The van der Waals surface area contributed by atoms with Gasteiger partial charge in [-0.05, 0) is 36.4 Å². The third-order valence-electron chi connectivity index (χ3n) is 7.16. The van der Waals surface area contributed by atoms with Crippen LogP contribution in [0.25, 0.3) is 6.08 Å². The maximum Gasteiger partial charge on any atom is 0.205 e. The maximum atomic E-state index is 10.2. The molecular weight excluding hydrogens is 514 g/mol. The molecule has 1 unspecified atom stereocenters. The maximum absolute atomic E-state index is 10.2. The molecule has 1 atom stereocenters. The molecule has 0 bridgehead atoms. The van der Waals surface area contributed by atoms with E-state index in [1.54, 1.807) is 48.7 Å². The molecule has 10 nitrogen and oxygen atoms in total. The number of nitrogens with zero attached hydrogens (tertiary/aromatic N) is 2. The van der Waals surface area contributed by atoms with Crippen molar-refractivity contribution in [3.8, 4) is 40.6 Å². The summed E-state index contributed by atoms with van der Waals surface area (Å²) in [5.41, 5.74) is 9.96. The highest BCUT2D eigenvalue weighted by Crippen LogP contribution is 2.51. The number of likely N-dealkylation sites (N-methyl/N-ethyl adjacent to an activating group) is 1. The SMILES string of the molecule is CCN1CC2=C(OC(N)=C(C#N)C2c2ccc(OC)c(OC)c2OC)/C(=C/c2ccc(OC)c(OC)c2OC)C1. The van der Waals surface area contributed by atoms with E-state index in [0.717, 1.165) is 28.8 Å². The lowest BCUT2D eigenvalue weighted by Crippen LogP contribution is -2.38. The Morgan fingerprint density at radius 1 is 0.875 bits per heavy atom. The smallest absolute Gasteiger partial charge is 0.205 e. The number of nitriles is 1. The second kappa shape index (κ2) is 12.1. The third-order valence-corrected chi connectivity index (χ3v) is 7.16. The molecule has 4 rings (SSSR count). The van der Waals surface area contributed by atoms with Crippen molar-refractivity contribution in [2.45, 2.75) is 12.8 Å². The summed E-state index contributed by atoms with van der Waals surface area (Å²) in [5, 5.41) is 10.2. The van der Waals surface area contributed by atoms with Crippen LogP contribution in [0.2, 0.25) is 0 Å². The van der Waals surface area contributed by atoms with Crippen molar-refractivity contribution in [3.63, 3.8) is 0 Å². The summed E-state index contributed by atoms with van der Waals surface area (Å²) in [6.07, 6.45) is 1.99. The summed E-state index contributed by atoms with van der Waals surface area (Å²) in [4.78, 5) is 2.26. The Hall–Kier alpha value is -4.49. The Labute approximate surface area is 234 Å². The summed E-state index contributed by atoms with van der Waals surface area (Å²) in [5.74, 6) is 3.09. The van der Waals surface area contributed by atoms with Gasteiger partial charge in [0.25, 0.3) is 0 Å². The fraction of sp³-hybridized carbons (Fsp3) is 0.367. The molecule has 40 heavy (non-hydrogen) atoms. The highest BCUT2D eigenvalue weighted by Gasteiger charge is 2.39. The first kappa shape index (κ1) is 28.5. The van der Waals surface area contributed by atoms with Crippen LogP contribution < -0.4 is 34.2 Å². The van der Waals surface area contributed by atoms with E-state index in [1.807, 2.05) is 24.3 Å². The van der Waals surface area contributed by atoms with Crippen molar-refractivity contribution in [2.24, 2.45) is 5.73 Å². The average molecular weight is 550 g/mol. The molecule has 2 aromatic rings. The first-order chi connectivity index (χ1) is 19.4.